The normalized spacial score (nSPS) is 57.7. The van der Waals surface area contributed by atoms with E-state index >= 15 is 0 Å². The summed E-state index contributed by atoms with van der Waals surface area (Å²) in [4.78, 5) is 0. The maximum absolute atomic E-state index is 2.56. The van der Waals surface area contributed by atoms with Gasteiger partial charge < -0.3 is 6.15 Å². The molecule has 0 spiro atoms. The molecular weight excluding hydrogens is 158 g/mol. The van der Waals surface area contributed by atoms with E-state index in [1.54, 1.807) is 32.1 Å². The molecule has 0 heterocycles. The Balaban J connectivity index is 0.000000653. The van der Waals surface area contributed by atoms with Crippen molar-refractivity contribution in [3.05, 3.63) is 0 Å². The predicted molar refractivity (Wildman–Crippen MR) is 55.8 cm³/mol. The molecular formula is C12H23N. The third-order valence-corrected chi connectivity index (χ3v) is 5.26. The summed E-state index contributed by atoms with van der Waals surface area (Å²) < 4.78 is 0. The Kier molecular flexibility index (Phi) is 1.99. The zero-order chi connectivity index (χ0) is 8.34. The fourth-order valence-electron chi connectivity index (χ4n) is 4.70. The van der Waals surface area contributed by atoms with Crippen LogP contribution in [0.5, 0.6) is 0 Å². The third-order valence-electron chi connectivity index (χ3n) is 5.26. The van der Waals surface area contributed by atoms with Gasteiger partial charge in [0.15, 0.2) is 0 Å². The second-order valence-corrected chi connectivity index (χ2v) is 6.05. The fourth-order valence-corrected chi connectivity index (χ4v) is 4.70. The van der Waals surface area contributed by atoms with Crippen LogP contribution in [0.15, 0.2) is 0 Å². The van der Waals surface area contributed by atoms with E-state index in [1.165, 1.54) is 0 Å². The van der Waals surface area contributed by atoms with Crippen LogP contribution in [0.2, 0.25) is 0 Å². The van der Waals surface area contributed by atoms with Crippen LogP contribution >= 0.6 is 0 Å². The molecule has 1 nitrogen and oxygen atoms in total. The smallest absolute Gasteiger partial charge is 0.0292 e. The molecule has 13 heavy (non-hydrogen) atoms. The minimum atomic E-state index is 0. The van der Waals surface area contributed by atoms with Crippen molar-refractivity contribution >= 4 is 0 Å². The second kappa shape index (κ2) is 2.73. The molecule has 3 unspecified atom stereocenters. The van der Waals surface area contributed by atoms with Crippen molar-refractivity contribution in [1.82, 2.24) is 6.15 Å². The molecule has 1 heteroatoms. The van der Waals surface area contributed by atoms with E-state index < -0.39 is 0 Å². The molecule has 4 rings (SSSR count). The van der Waals surface area contributed by atoms with Crippen LogP contribution in [0.4, 0.5) is 0 Å². The van der Waals surface area contributed by atoms with E-state index in [4.69, 9.17) is 0 Å². The van der Waals surface area contributed by atoms with Gasteiger partial charge in [-0.1, -0.05) is 13.8 Å². The average Bonchev–Trinajstić information content (AvgIpc) is 1.98. The van der Waals surface area contributed by atoms with Gasteiger partial charge in [0, 0.05) is 0 Å². The maximum Gasteiger partial charge on any atom is -0.0292 e. The van der Waals surface area contributed by atoms with Crippen molar-refractivity contribution < 1.29 is 0 Å². The summed E-state index contributed by atoms with van der Waals surface area (Å²) in [7, 11) is 0. The molecule has 4 aliphatic rings. The first-order chi connectivity index (χ1) is 5.67. The van der Waals surface area contributed by atoms with Crippen LogP contribution in [0.25, 0.3) is 0 Å². The second-order valence-electron chi connectivity index (χ2n) is 6.05. The minimum absolute atomic E-state index is 0. The highest BCUT2D eigenvalue weighted by atomic mass is 14.6. The van der Waals surface area contributed by atoms with Crippen LogP contribution in [-0.2, 0) is 0 Å². The number of hydrogen-bond donors (Lipinski definition) is 1. The maximum atomic E-state index is 2.56. The largest absolute Gasteiger partial charge is 0.344 e. The first-order valence-corrected chi connectivity index (χ1v) is 5.67. The molecule has 4 aliphatic carbocycles. The summed E-state index contributed by atoms with van der Waals surface area (Å²) in [6.45, 7) is 5.07. The van der Waals surface area contributed by atoms with Gasteiger partial charge in [-0.2, -0.15) is 0 Å². The average molecular weight is 181 g/mol. The molecule has 0 aromatic heterocycles. The molecule has 0 amide bonds. The number of hydrogen-bond acceptors (Lipinski definition) is 1. The Bertz CT molecular complexity index is 197. The molecule has 4 saturated carbocycles. The molecule has 76 valence electrons. The minimum Gasteiger partial charge on any atom is -0.344 e. The summed E-state index contributed by atoms with van der Waals surface area (Å²) in [6, 6.07) is 0. The van der Waals surface area contributed by atoms with Gasteiger partial charge in [-0.05, 0) is 61.2 Å². The van der Waals surface area contributed by atoms with E-state index in [9.17, 15) is 0 Å². The Morgan fingerprint density at radius 1 is 1.00 bits per heavy atom. The van der Waals surface area contributed by atoms with Crippen LogP contribution in [0.3, 0.4) is 0 Å². The van der Waals surface area contributed by atoms with Crippen LogP contribution in [0.1, 0.15) is 46.0 Å². The quantitative estimate of drug-likeness (QED) is 0.608. The molecule has 3 atom stereocenters. The zero-order valence-corrected chi connectivity index (χ0v) is 9.05. The van der Waals surface area contributed by atoms with Crippen LogP contribution in [0, 0.1) is 29.1 Å². The third kappa shape index (κ3) is 1.16. The van der Waals surface area contributed by atoms with Gasteiger partial charge in [0.2, 0.25) is 0 Å². The van der Waals surface area contributed by atoms with E-state index in [1.807, 2.05) is 0 Å². The Hall–Kier alpha value is -0.0400. The SMILES string of the molecule is CC1C2CC3CC(C2)CC1(C)C3.N. The first-order valence-electron chi connectivity index (χ1n) is 5.67. The van der Waals surface area contributed by atoms with Gasteiger partial charge in [-0.15, -0.1) is 0 Å². The summed E-state index contributed by atoms with van der Waals surface area (Å²) in [5, 5.41) is 0. The lowest BCUT2D eigenvalue weighted by Crippen LogP contribution is -2.50. The first kappa shape index (κ1) is 9.51. The zero-order valence-electron chi connectivity index (χ0n) is 9.05. The summed E-state index contributed by atoms with van der Waals surface area (Å²) in [5.74, 6) is 4.40. The summed E-state index contributed by atoms with van der Waals surface area (Å²) >= 11 is 0. The van der Waals surface area contributed by atoms with Gasteiger partial charge in [-0.3, -0.25) is 0 Å². The molecule has 0 aliphatic heterocycles. The van der Waals surface area contributed by atoms with Crippen molar-refractivity contribution in [1.29, 1.82) is 0 Å². The lowest BCUT2D eigenvalue weighted by Gasteiger charge is -2.59. The monoisotopic (exact) mass is 181 g/mol. The highest BCUT2D eigenvalue weighted by Gasteiger charge is 2.52. The van der Waals surface area contributed by atoms with Gasteiger partial charge in [-0.25, -0.2) is 0 Å². The van der Waals surface area contributed by atoms with Gasteiger partial charge in [0.1, 0.15) is 0 Å². The van der Waals surface area contributed by atoms with E-state index in [-0.39, 0.29) is 6.15 Å². The van der Waals surface area contributed by atoms with Crippen molar-refractivity contribution in [2.75, 3.05) is 0 Å². The highest BCUT2D eigenvalue weighted by Crippen LogP contribution is 2.62. The Morgan fingerprint density at radius 2 is 1.54 bits per heavy atom. The van der Waals surface area contributed by atoms with E-state index in [0.29, 0.717) is 0 Å². The van der Waals surface area contributed by atoms with Gasteiger partial charge in [0.05, 0.1) is 0 Å². The molecule has 0 saturated heterocycles. The summed E-state index contributed by atoms with van der Waals surface area (Å²) in [5.41, 5.74) is 0.759. The summed E-state index contributed by atoms with van der Waals surface area (Å²) in [6.07, 6.45) is 7.85. The fraction of sp³-hybridized carbons (Fsp3) is 1.00. The van der Waals surface area contributed by atoms with Crippen molar-refractivity contribution in [3.63, 3.8) is 0 Å². The Labute approximate surface area is 81.9 Å². The number of rotatable bonds is 0. The molecule has 0 aromatic carbocycles. The topological polar surface area (TPSA) is 35.0 Å². The Morgan fingerprint density at radius 3 is 2.00 bits per heavy atom. The molecule has 4 bridgehead atoms. The van der Waals surface area contributed by atoms with Crippen molar-refractivity contribution in [2.24, 2.45) is 29.1 Å². The van der Waals surface area contributed by atoms with Gasteiger partial charge >= 0.3 is 0 Å². The predicted octanol–water partition coefficient (Wildman–Crippen LogP) is 3.63. The molecule has 3 N–H and O–H groups in total. The van der Waals surface area contributed by atoms with Crippen LogP contribution in [-0.4, -0.2) is 0 Å². The lowest BCUT2D eigenvalue weighted by molar-refractivity contribution is -0.0906. The molecule has 0 aromatic rings. The van der Waals surface area contributed by atoms with E-state index in [2.05, 4.69) is 13.8 Å². The standard InChI is InChI=1S/C12H20.H3N/c1-8-11-4-9-3-10(5-11)7-12(8,2)6-9;/h8-11H,3-7H2,1-2H3;1H3. The van der Waals surface area contributed by atoms with Crippen molar-refractivity contribution in [3.8, 4) is 0 Å². The molecule has 0 radical (unpaired) electrons. The van der Waals surface area contributed by atoms with Gasteiger partial charge in [0.25, 0.3) is 0 Å². The van der Waals surface area contributed by atoms with Crippen LogP contribution < -0.4 is 6.15 Å². The lowest BCUT2D eigenvalue weighted by atomic mass is 9.46. The van der Waals surface area contributed by atoms with Crippen molar-refractivity contribution in [2.45, 2.75) is 46.0 Å². The van der Waals surface area contributed by atoms with E-state index in [0.717, 1.165) is 29.1 Å². The highest BCUT2D eigenvalue weighted by molar-refractivity contribution is 5.02. The molecule has 4 fully saturated rings.